The zero-order valence-electron chi connectivity index (χ0n) is 10.1. The summed E-state index contributed by atoms with van der Waals surface area (Å²) < 4.78 is 0. The zero-order chi connectivity index (χ0) is 12.3. The summed E-state index contributed by atoms with van der Waals surface area (Å²) in [6.07, 6.45) is 4.41. The van der Waals surface area contributed by atoms with E-state index >= 15 is 0 Å². The number of aromatic nitrogens is 1. The summed E-state index contributed by atoms with van der Waals surface area (Å²) in [4.78, 5) is 16.2. The quantitative estimate of drug-likeness (QED) is 0.877. The first-order valence-corrected chi connectivity index (χ1v) is 5.86. The molecule has 0 aliphatic carbocycles. The predicted molar refractivity (Wildman–Crippen MR) is 69.0 cm³/mol. The number of hydrogen-bond acceptors (Lipinski definition) is 2. The van der Waals surface area contributed by atoms with Gasteiger partial charge in [-0.3, -0.25) is 9.78 Å². The van der Waals surface area contributed by atoms with Gasteiger partial charge in [0, 0.05) is 29.4 Å². The normalized spacial score (nSPS) is 12.4. The van der Waals surface area contributed by atoms with Gasteiger partial charge in [0.05, 0.1) is 0 Å². The van der Waals surface area contributed by atoms with Crippen LogP contribution in [0.25, 0.3) is 10.8 Å². The lowest BCUT2D eigenvalue weighted by atomic mass is 10.1. The van der Waals surface area contributed by atoms with E-state index in [4.69, 9.17) is 0 Å². The van der Waals surface area contributed by atoms with Crippen LogP contribution in [0.1, 0.15) is 30.6 Å². The molecular formula is C14H16N2O. The molecule has 0 radical (unpaired) electrons. The van der Waals surface area contributed by atoms with Crippen LogP contribution in [0.15, 0.2) is 36.7 Å². The molecule has 0 aliphatic rings. The van der Waals surface area contributed by atoms with Crippen molar-refractivity contribution < 1.29 is 4.79 Å². The number of benzene rings is 1. The highest BCUT2D eigenvalue weighted by molar-refractivity contribution is 6.06. The molecule has 0 spiro atoms. The number of rotatable bonds is 3. The second-order valence-electron chi connectivity index (χ2n) is 4.19. The number of carbonyl (C=O) groups is 1. The van der Waals surface area contributed by atoms with Crippen LogP contribution in [0.3, 0.4) is 0 Å². The largest absolute Gasteiger partial charge is 0.350 e. The van der Waals surface area contributed by atoms with E-state index in [9.17, 15) is 4.79 Å². The van der Waals surface area contributed by atoms with Gasteiger partial charge in [0.15, 0.2) is 0 Å². The molecule has 88 valence electrons. The minimum absolute atomic E-state index is 0.0175. The van der Waals surface area contributed by atoms with Gasteiger partial charge in [-0.15, -0.1) is 0 Å². The van der Waals surface area contributed by atoms with E-state index < -0.39 is 0 Å². The fourth-order valence-corrected chi connectivity index (χ4v) is 1.72. The molecule has 1 N–H and O–H groups in total. The topological polar surface area (TPSA) is 42.0 Å². The number of carbonyl (C=O) groups excluding carboxylic acids is 1. The van der Waals surface area contributed by atoms with Crippen molar-refractivity contribution in [3.63, 3.8) is 0 Å². The van der Waals surface area contributed by atoms with Crippen molar-refractivity contribution in [3.8, 4) is 0 Å². The van der Waals surface area contributed by atoms with Gasteiger partial charge in [-0.1, -0.05) is 19.1 Å². The summed E-state index contributed by atoms with van der Waals surface area (Å²) in [5.41, 5.74) is 0.713. The molecule has 3 heteroatoms. The summed E-state index contributed by atoms with van der Waals surface area (Å²) in [6, 6.07) is 7.76. The van der Waals surface area contributed by atoms with Crippen LogP contribution >= 0.6 is 0 Å². The Morgan fingerprint density at radius 3 is 3.00 bits per heavy atom. The summed E-state index contributed by atoms with van der Waals surface area (Å²) in [7, 11) is 0. The lowest BCUT2D eigenvalue weighted by Crippen LogP contribution is -2.32. The van der Waals surface area contributed by atoms with Crippen LogP contribution in [-0.2, 0) is 0 Å². The first-order chi connectivity index (χ1) is 8.22. The Kier molecular flexibility index (Phi) is 3.38. The molecule has 0 saturated carbocycles. The summed E-state index contributed by atoms with van der Waals surface area (Å²) in [5, 5.41) is 4.92. The van der Waals surface area contributed by atoms with Crippen LogP contribution in [0.4, 0.5) is 0 Å². The highest BCUT2D eigenvalue weighted by Gasteiger charge is 2.11. The third-order valence-electron chi connectivity index (χ3n) is 2.92. The standard InChI is InChI=1S/C14H16N2O/c1-3-10(2)16-14(17)13-6-4-5-11-9-15-8-7-12(11)13/h4-10H,3H2,1-2H3,(H,16,17). The Morgan fingerprint density at radius 2 is 2.24 bits per heavy atom. The molecule has 1 unspecified atom stereocenters. The van der Waals surface area contributed by atoms with Crippen LogP contribution in [-0.4, -0.2) is 16.9 Å². The fourth-order valence-electron chi connectivity index (χ4n) is 1.72. The minimum atomic E-state index is -0.0175. The van der Waals surface area contributed by atoms with Crippen molar-refractivity contribution in [1.82, 2.24) is 10.3 Å². The van der Waals surface area contributed by atoms with Crippen LogP contribution in [0, 0.1) is 0 Å². The number of hydrogen-bond donors (Lipinski definition) is 1. The highest BCUT2D eigenvalue weighted by atomic mass is 16.1. The van der Waals surface area contributed by atoms with Crippen molar-refractivity contribution in [2.75, 3.05) is 0 Å². The Labute approximate surface area is 101 Å². The first kappa shape index (κ1) is 11.6. The van der Waals surface area contributed by atoms with E-state index in [1.807, 2.05) is 31.2 Å². The average Bonchev–Trinajstić information content (AvgIpc) is 2.37. The van der Waals surface area contributed by atoms with Crippen molar-refractivity contribution in [2.45, 2.75) is 26.3 Å². The number of pyridine rings is 1. The minimum Gasteiger partial charge on any atom is -0.350 e. The summed E-state index contributed by atoms with van der Waals surface area (Å²) in [5.74, 6) is -0.0175. The molecule has 17 heavy (non-hydrogen) atoms. The molecule has 3 nitrogen and oxygen atoms in total. The number of nitrogens with one attached hydrogen (secondary N) is 1. The fraction of sp³-hybridized carbons (Fsp3) is 0.286. The number of nitrogens with zero attached hydrogens (tertiary/aromatic N) is 1. The van der Waals surface area contributed by atoms with Crippen molar-refractivity contribution in [2.24, 2.45) is 0 Å². The first-order valence-electron chi connectivity index (χ1n) is 5.86. The van der Waals surface area contributed by atoms with E-state index in [2.05, 4.69) is 17.2 Å². The molecule has 2 aromatic rings. The predicted octanol–water partition coefficient (Wildman–Crippen LogP) is 2.76. The number of amides is 1. The maximum Gasteiger partial charge on any atom is 0.252 e. The van der Waals surface area contributed by atoms with Gasteiger partial charge in [-0.25, -0.2) is 0 Å². The molecule has 1 aromatic carbocycles. The molecule has 1 atom stereocenters. The number of fused-ring (bicyclic) bond motifs is 1. The molecule has 1 heterocycles. The summed E-state index contributed by atoms with van der Waals surface area (Å²) >= 11 is 0. The van der Waals surface area contributed by atoms with Crippen LogP contribution in [0.5, 0.6) is 0 Å². The van der Waals surface area contributed by atoms with E-state index in [1.165, 1.54) is 0 Å². The van der Waals surface area contributed by atoms with Gasteiger partial charge in [0.1, 0.15) is 0 Å². The second-order valence-corrected chi connectivity index (χ2v) is 4.19. The summed E-state index contributed by atoms with van der Waals surface area (Å²) in [6.45, 7) is 4.06. The second kappa shape index (κ2) is 4.95. The van der Waals surface area contributed by atoms with E-state index in [0.717, 1.165) is 17.2 Å². The Morgan fingerprint density at radius 1 is 1.41 bits per heavy atom. The molecule has 0 bridgehead atoms. The van der Waals surface area contributed by atoms with Gasteiger partial charge in [-0.05, 0) is 30.9 Å². The molecule has 2 rings (SSSR count). The maximum absolute atomic E-state index is 12.1. The van der Waals surface area contributed by atoms with Crippen molar-refractivity contribution in [1.29, 1.82) is 0 Å². The Bertz CT molecular complexity index is 531. The Hall–Kier alpha value is -1.90. The van der Waals surface area contributed by atoms with Crippen molar-refractivity contribution in [3.05, 3.63) is 42.2 Å². The van der Waals surface area contributed by atoms with Crippen molar-refractivity contribution >= 4 is 16.7 Å². The monoisotopic (exact) mass is 228 g/mol. The third kappa shape index (κ3) is 2.44. The van der Waals surface area contributed by atoms with E-state index in [0.29, 0.717) is 5.56 Å². The van der Waals surface area contributed by atoms with Gasteiger partial charge in [0.2, 0.25) is 0 Å². The lowest BCUT2D eigenvalue weighted by Gasteiger charge is -2.12. The Balaban J connectivity index is 2.38. The smallest absolute Gasteiger partial charge is 0.252 e. The maximum atomic E-state index is 12.1. The average molecular weight is 228 g/mol. The molecule has 1 amide bonds. The SMILES string of the molecule is CCC(C)NC(=O)c1cccc2cnccc12. The van der Waals surface area contributed by atoms with Crippen LogP contribution in [0.2, 0.25) is 0 Å². The highest BCUT2D eigenvalue weighted by Crippen LogP contribution is 2.17. The zero-order valence-corrected chi connectivity index (χ0v) is 10.1. The molecule has 0 saturated heterocycles. The molecule has 0 fully saturated rings. The van der Waals surface area contributed by atoms with Gasteiger partial charge in [0.25, 0.3) is 5.91 Å². The molecule has 0 aliphatic heterocycles. The lowest BCUT2D eigenvalue weighted by molar-refractivity contribution is 0.0941. The van der Waals surface area contributed by atoms with Gasteiger partial charge in [-0.2, -0.15) is 0 Å². The molecular weight excluding hydrogens is 212 g/mol. The van der Waals surface area contributed by atoms with Gasteiger partial charge < -0.3 is 5.32 Å². The van der Waals surface area contributed by atoms with E-state index in [1.54, 1.807) is 12.4 Å². The van der Waals surface area contributed by atoms with Crippen LogP contribution < -0.4 is 5.32 Å². The third-order valence-corrected chi connectivity index (χ3v) is 2.92. The molecule has 1 aromatic heterocycles. The van der Waals surface area contributed by atoms with E-state index in [-0.39, 0.29) is 11.9 Å². The van der Waals surface area contributed by atoms with Gasteiger partial charge >= 0.3 is 0 Å².